The van der Waals surface area contributed by atoms with Crippen LogP contribution in [0.2, 0.25) is 0 Å². The van der Waals surface area contributed by atoms with Gasteiger partial charge in [0, 0.05) is 23.5 Å². The Bertz CT molecular complexity index is 307. The molecule has 1 saturated heterocycles. The van der Waals surface area contributed by atoms with Crippen LogP contribution in [0.4, 0.5) is 0 Å². The summed E-state index contributed by atoms with van der Waals surface area (Å²) >= 11 is 1.64. The van der Waals surface area contributed by atoms with E-state index in [1.807, 2.05) is 12.3 Å². The number of hydrogen-bond acceptors (Lipinski definition) is 4. The van der Waals surface area contributed by atoms with E-state index in [-0.39, 0.29) is 12.1 Å². The van der Waals surface area contributed by atoms with E-state index in [9.17, 15) is 5.11 Å². The molecule has 15 heavy (non-hydrogen) atoms. The first-order valence-electron chi connectivity index (χ1n) is 5.58. The molecule has 0 radical (unpaired) electrons. The molecule has 1 aliphatic heterocycles. The summed E-state index contributed by atoms with van der Waals surface area (Å²) in [5, 5.41) is 16.5. The van der Waals surface area contributed by atoms with Crippen LogP contribution in [0.25, 0.3) is 0 Å². The maximum absolute atomic E-state index is 10.0. The lowest BCUT2D eigenvalue weighted by Crippen LogP contribution is -2.44. The molecular formula is C11H18N2OS. The van der Waals surface area contributed by atoms with Crippen LogP contribution in [0.15, 0.2) is 5.38 Å². The Labute approximate surface area is 94.5 Å². The molecule has 1 fully saturated rings. The topological polar surface area (TPSA) is 45.1 Å². The van der Waals surface area contributed by atoms with Gasteiger partial charge in [0.1, 0.15) is 0 Å². The zero-order valence-electron chi connectivity index (χ0n) is 9.07. The average molecular weight is 226 g/mol. The minimum absolute atomic E-state index is 0.267. The fourth-order valence-corrected chi connectivity index (χ4v) is 2.85. The molecule has 3 nitrogen and oxygen atoms in total. The molecule has 2 unspecified atom stereocenters. The van der Waals surface area contributed by atoms with E-state index in [2.05, 4.69) is 10.3 Å². The summed E-state index contributed by atoms with van der Waals surface area (Å²) in [6.45, 7) is 3.03. The van der Waals surface area contributed by atoms with Crippen LogP contribution in [0.3, 0.4) is 0 Å². The van der Waals surface area contributed by atoms with E-state index in [0.29, 0.717) is 6.42 Å². The summed E-state index contributed by atoms with van der Waals surface area (Å²) in [7, 11) is 0. The second-order valence-electron chi connectivity index (χ2n) is 4.21. The van der Waals surface area contributed by atoms with Gasteiger partial charge in [-0.3, -0.25) is 0 Å². The summed E-state index contributed by atoms with van der Waals surface area (Å²) in [6, 6.07) is 0.267. The highest BCUT2D eigenvalue weighted by atomic mass is 32.1. The number of aliphatic hydroxyl groups excluding tert-OH is 1. The van der Waals surface area contributed by atoms with Gasteiger partial charge in [0.25, 0.3) is 0 Å². The number of aliphatic hydroxyl groups is 1. The Kier molecular flexibility index (Phi) is 3.72. The molecule has 4 heteroatoms. The third-order valence-electron chi connectivity index (χ3n) is 2.86. The van der Waals surface area contributed by atoms with Crippen LogP contribution < -0.4 is 5.32 Å². The van der Waals surface area contributed by atoms with Gasteiger partial charge in [0.05, 0.1) is 11.1 Å². The summed E-state index contributed by atoms with van der Waals surface area (Å²) < 4.78 is 0. The van der Waals surface area contributed by atoms with E-state index < -0.39 is 0 Å². The third-order valence-corrected chi connectivity index (χ3v) is 3.85. The largest absolute Gasteiger partial charge is 0.391 e. The second-order valence-corrected chi connectivity index (χ2v) is 5.15. The first-order chi connectivity index (χ1) is 7.25. The molecule has 0 aliphatic carbocycles. The van der Waals surface area contributed by atoms with E-state index in [1.165, 1.54) is 12.8 Å². The van der Waals surface area contributed by atoms with Crippen LogP contribution in [0.1, 0.15) is 30.0 Å². The summed E-state index contributed by atoms with van der Waals surface area (Å²) in [6.07, 6.45) is 3.96. The number of nitrogens with one attached hydrogen (secondary N) is 1. The highest BCUT2D eigenvalue weighted by Gasteiger charge is 2.22. The zero-order chi connectivity index (χ0) is 10.7. The van der Waals surface area contributed by atoms with Crippen molar-refractivity contribution < 1.29 is 5.11 Å². The number of thiazole rings is 1. The molecule has 84 valence electrons. The molecule has 0 bridgehead atoms. The monoisotopic (exact) mass is 226 g/mol. The molecule has 0 amide bonds. The molecule has 2 N–H and O–H groups in total. The smallest absolute Gasteiger partial charge is 0.0954 e. The van der Waals surface area contributed by atoms with Crippen molar-refractivity contribution in [2.24, 2.45) is 0 Å². The Morgan fingerprint density at radius 1 is 1.67 bits per heavy atom. The zero-order valence-corrected chi connectivity index (χ0v) is 9.89. The van der Waals surface area contributed by atoms with Crippen molar-refractivity contribution in [2.75, 3.05) is 6.54 Å². The maximum atomic E-state index is 10.0. The van der Waals surface area contributed by atoms with Crippen molar-refractivity contribution in [3.8, 4) is 0 Å². The van der Waals surface area contributed by atoms with Gasteiger partial charge in [-0.1, -0.05) is 6.42 Å². The van der Waals surface area contributed by atoms with Crippen molar-refractivity contribution in [2.45, 2.75) is 44.8 Å². The molecule has 0 spiro atoms. The van der Waals surface area contributed by atoms with Crippen molar-refractivity contribution in [1.29, 1.82) is 0 Å². The standard InChI is InChI=1S/C11H18N2OS/c1-8-7-15-11(13-8)6-10(14)9-4-2-3-5-12-9/h7,9-10,12,14H,2-6H2,1H3. The predicted octanol–water partition coefficient (Wildman–Crippen LogP) is 1.50. The van der Waals surface area contributed by atoms with Crippen molar-refractivity contribution in [3.63, 3.8) is 0 Å². The summed E-state index contributed by atoms with van der Waals surface area (Å²) in [5.41, 5.74) is 1.05. The average Bonchev–Trinajstić information content (AvgIpc) is 2.65. The number of piperidine rings is 1. The van der Waals surface area contributed by atoms with E-state index in [1.54, 1.807) is 11.3 Å². The van der Waals surface area contributed by atoms with Gasteiger partial charge in [0.2, 0.25) is 0 Å². The first-order valence-corrected chi connectivity index (χ1v) is 6.46. The lowest BCUT2D eigenvalue weighted by atomic mass is 9.98. The van der Waals surface area contributed by atoms with Crippen molar-refractivity contribution in [1.82, 2.24) is 10.3 Å². The van der Waals surface area contributed by atoms with Gasteiger partial charge >= 0.3 is 0 Å². The number of aryl methyl sites for hydroxylation is 1. The van der Waals surface area contributed by atoms with Crippen LogP contribution in [-0.2, 0) is 6.42 Å². The van der Waals surface area contributed by atoms with E-state index in [0.717, 1.165) is 23.7 Å². The quantitative estimate of drug-likeness (QED) is 0.821. The Morgan fingerprint density at radius 3 is 3.13 bits per heavy atom. The Hall–Kier alpha value is -0.450. The number of aromatic nitrogens is 1. The van der Waals surface area contributed by atoms with Crippen LogP contribution >= 0.6 is 11.3 Å². The van der Waals surface area contributed by atoms with Gasteiger partial charge in [-0.25, -0.2) is 4.98 Å². The highest BCUT2D eigenvalue weighted by Crippen LogP contribution is 2.16. The molecular weight excluding hydrogens is 208 g/mol. The lowest BCUT2D eigenvalue weighted by Gasteiger charge is -2.27. The van der Waals surface area contributed by atoms with Gasteiger partial charge in [-0.05, 0) is 26.3 Å². The number of hydrogen-bond donors (Lipinski definition) is 2. The molecule has 1 aliphatic rings. The normalized spacial score (nSPS) is 24.0. The van der Waals surface area contributed by atoms with Crippen molar-refractivity contribution >= 4 is 11.3 Å². The third kappa shape index (κ3) is 3.00. The van der Waals surface area contributed by atoms with Crippen LogP contribution in [-0.4, -0.2) is 28.8 Å². The summed E-state index contributed by atoms with van der Waals surface area (Å²) in [4.78, 5) is 4.38. The Morgan fingerprint density at radius 2 is 2.53 bits per heavy atom. The minimum Gasteiger partial charge on any atom is -0.391 e. The molecule has 0 aromatic carbocycles. The number of rotatable bonds is 3. The molecule has 2 heterocycles. The second kappa shape index (κ2) is 5.05. The molecule has 2 rings (SSSR count). The van der Waals surface area contributed by atoms with Gasteiger partial charge in [-0.15, -0.1) is 11.3 Å². The van der Waals surface area contributed by atoms with Crippen LogP contribution in [0.5, 0.6) is 0 Å². The van der Waals surface area contributed by atoms with E-state index >= 15 is 0 Å². The SMILES string of the molecule is Cc1csc(CC(O)C2CCCCN2)n1. The van der Waals surface area contributed by atoms with Crippen molar-refractivity contribution in [3.05, 3.63) is 16.1 Å². The fraction of sp³-hybridized carbons (Fsp3) is 0.727. The van der Waals surface area contributed by atoms with Gasteiger partial charge in [-0.2, -0.15) is 0 Å². The molecule has 0 saturated carbocycles. The Balaban J connectivity index is 1.88. The first kappa shape index (κ1) is 11.0. The highest BCUT2D eigenvalue weighted by molar-refractivity contribution is 7.09. The number of nitrogens with zero attached hydrogens (tertiary/aromatic N) is 1. The maximum Gasteiger partial charge on any atom is 0.0954 e. The minimum atomic E-state index is -0.282. The molecule has 1 aromatic rings. The van der Waals surface area contributed by atoms with Gasteiger partial charge < -0.3 is 10.4 Å². The fourth-order valence-electron chi connectivity index (χ4n) is 2.02. The lowest BCUT2D eigenvalue weighted by molar-refractivity contribution is 0.113. The molecule has 2 atom stereocenters. The predicted molar refractivity (Wildman–Crippen MR) is 62.2 cm³/mol. The van der Waals surface area contributed by atoms with Gasteiger partial charge in [0.15, 0.2) is 0 Å². The van der Waals surface area contributed by atoms with E-state index in [4.69, 9.17) is 0 Å². The summed E-state index contributed by atoms with van der Waals surface area (Å²) in [5.74, 6) is 0. The molecule has 1 aromatic heterocycles. The van der Waals surface area contributed by atoms with Crippen LogP contribution in [0, 0.1) is 6.92 Å².